The minimum atomic E-state index is -1.29. The molecule has 1 unspecified atom stereocenters. The molecule has 19 heavy (non-hydrogen) atoms. The lowest BCUT2D eigenvalue weighted by Crippen LogP contribution is -2.21. The van der Waals surface area contributed by atoms with Gasteiger partial charge in [0.1, 0.15) is 4.83 Å². The minimum Gasteiger partial charge on any atom is -0.449 e. The van der Waals surface area contributed by atoms with Crippen LogP contribution in [0.3, 0.4) is 0 Å². The van der Waals surface area contributed by atoms with Crippen molar-refractivity contribution in [3.63, 3.8) is 0 Å². The average molecular weight is 282 g/mol. The third-order valence-electron chi connectivity index (χ3n) is 3.22. The molecule has 1 atom stereocenters. The summed E-state index contributed by atoms with van der Waals surface area (Å²) in [5.41, 5.74) is 0.886. The van der Waals surface area contributed by atoms with E-state index in [0.717, 1.165) is 35.4 Å². The molecule has 1 fully saturated rings. The van der Waals surface area contributed by atoms with Crippen molar-refractivity contribution in [2.45, 2.75) is 25.8 Å². The fraction of sp³-hybridized carbons (Fsp3) is 0.500. The highest BCUT2D eigenvalue weighted by Crippen LogP contribution is 2.36. The Morgan fingerprint density at radius 3 is 3.21 bits per heavy atom. The lowest BCUT2D eigenvalue weighted by Gasteiger charge is -2.22. The Balaban J connectivity index is 1.99. The molecule has 0 spiro atoms. The summed E-state index contributed by atoms with van der Waals surface area (Å²) >= 11 is 1.31. The van der Waals surface area contributed by atoms with E-state index in [-0.39, 0.29) is 6.04 Å². The van der Waals surface area contributed by atoms with E-state index in [1.807, 2.05) is 11.6 Å². The van der Waals surface area contributed by atoms with Crippen LogP contribution in [0.15, 0.2) is 6.07 Å². The third-order valence-corrected chi connectivity index (χ3v) is 4.22. The number of fused-ring (bicyclic) bond motifs is 1. The van der Waals surface area contributed by atoms with Gasteiger partial charge in [0.15, 0.2) is 5.06 Å². The van der Waals surface area contributed by atoms with Crippen molar-refractivity contribution in [3.05, 3.63) is 11.8 Å². The first kappa shape index (κ1) is 12.4. The zero-order valence-corrected chi connectivity index (χ0v) is 11.3. The van der Waals surface area contributed by atoms with Crippen LogP contribution in [-0.2, 0) is 4.74 Å². The maximum Gasteiger partial charge on any atom is 0.512 e. The fourth-order valence-corrected chi connectivity index (χ4v) is 3.43. The molecule has 0 bridgehead atoms. The summed E-state index contributed by atoms with van der Waals surface area (Å²) in [7, 11) is 0. The number of rotatable bonds is 2. The molecule has 0 saturated carbocycles. The van der Waals surface area contributed by atoms with Crippen molar-refractivity contribution in [2.75, 3.05) is 13.2 Å². The van der Waals surface area contributed by atoms with E-state index >= 15 is 0 Å². The average Bonchev–Trinajstić information content (AvgIpc) is 2.90. The van der Waals surface area contributed by atoms with Gasteiger partial charge in [0.25, 0.3) is 0 Å². The Bertz CT molecular complexity index is 613. The van der Waals surface area contributed by atoms with Gasteiger partial charge >= 0.3 is 6.16 Å². The number of aromatic nitrogens is 2. The summed E-state index contributed by atoms with van der Waals surface area (Å²) < 4.78 is 12.1. The topological polar surface area (TPSA) is 73.6 Å². The van der Waals surface area contributed by atoms with Gasteiger partial charge in [-0.1, -0.05) is 11.3 Å². The highest BCUT2D eigenvalue weighted by atomic mass is 32.1. The van der Waals surface area contributed by atoms with Crippen LogP contribution in [-0.4, -0.2) is 34.3 Å². The zero-order chi connectivity index (χ0) is 13.4. The van der Waals surface area contributed by atoms with Gasteiger partial charge in [0.05, 0.1) is 18.3 Å². The Hall–Kier alpha value is -1.60. The molecule has 1 saturated heterocycles. The molecule has 1 N–H and O–H groups in total. The van der Waals surface area contributed by atoms with E-state index in [9.17, 15) is 4.79 Å². The second-order valence-electron chi connectivity index (χ2n) is 4.55. The van der Waals surface area contributed by atoms with Crippen LogP contribution in [0.2, 0.25) is 0 Å². The van der Waals surface area contributed by atoms with Crippen molar-refractivity contribution in [2.24, 2.45) is 0 Å². The van der Waals surface area contributed by atoms with Crippen LogP contribution in [0.5, 0.6) is 5.06 Å². The predicted molar refractivity (Wildman–Crippen MR) is 70.1 cm³/mol. The van der Waals surface area contributed by atoms with E-state index in [4.69, 9.17) is 14.6 Å². The molecule has 1 aliphatic rings. The number of hydrogen-bond donors (Lipinski definition) is 1. The fourth-order valence-electron chi connectivity index (χ4n) is 2.35. The first-order chi connectivity index (χ1) is 9.15. The molecule has 2 aromatic rings. The van der Waals surface area contributed by atoms with Crippen molar-refractivity contribution < 1.29 is 19.4 Å². The van der Waals surface area contributed by atoms with Crippen LogP contribution in [0.25, 0.3) is 10.2 Å². The minimum absolute atomic E-state index is 0.223. The van der Waals surface area contributed by atoms with E-state index in [0.29, 0.717) is 11.7 Å². The number of carbonyl (C=O) groups is 1. The van der Waals surface area contributed by atoms with Crippen molar-refractivity contribution in [1.29, 1.82) is 0 Å². The van der Waals surface area contributed by atoms with Gasteiger partial charge in [-0.25, -0.2) is 9.48 Å². The van der Waals surface area contributed by atoms with E-state index in [2.05, 4.69) is 5.10 Å². The largest absolute Gasteiger partial charge is 0.512 e. The van der Waals surface area contributed by atoms with Gasteiger partial charge in [0, 0.05) is 18.1 Å². The Labute approximate surface area is 113 Å². The summed E-state index contributed by atoms with van der Waals surface area (Å²) in [6, 6.07) is 1.96. The van der Waals surface area contributed by atoms with Gasteiger partial charge in [-0.2, -0.15) is 5.10 Å². The maximum absolute atomic E-state index is 10.6. The van der Waals surface area contributed by atoms with E-state index in [1.54, 1.807) is 6.07 Å². The second-order valence-corrected chi connectivity index (χ2v) is 5.55. The number of ether oxygens (including phenoxy) is 2. The molecule has 0 amide bonds. The van der Waals surface area contributed by atoms with E-state index < -0.39 is 6.16 Å². The van der Waals surface area contributed by atoms with Crippen LogP contribution < -0.4 is 4.74 Å². The molecule has 1 aliphatic heterocycles. The number of hydrogen-bond acceptors (Lipinski definition) is 5. The van der Waals surface area contributed by atoms with Gasteiger partial charge in [-0.05, 0) is 19.8 Å². The molecule has 3 rings (SSSR count). The number of thiophene rings is 1. The number of carboxylic acid groups (broad SMARTS) is 1. The van der Waals surface area contributed by atoms with Gasteiger partial charge < -0.3 is 14.6 Å². The molecule has 0 aliphatic carbocycles. The standard InChI is InChI=1S/C12H14N2O4S/c1-7-9-5-10(18-12(15)16)19-11(9)14(13-7)8-3-2-4-17-6-8/h5,8H,2-4,6H2,1H3,(H,15,16). The molecule has 102 valence electrons. The lowest BCUT2D eigenvalue weighted by atomic mass is 10.1. The predicted octanol–water partition coefficient (Wildman–Crippen LogP) is 2.81. The van der Waals surface area contributed by atoms with Crippen LogP contribution >= 0.6 is 11.3 Å². The monoisotopic (exact) mass is 282 g/mol. The lowest BCUT2D eigenvalue weighted by molar-refractivity contribution is 0.0566. The molecule has 7 heteroatoms. The first-order valence-corrected chi connectivity index (χ1v) is 6.94. The van der Waals surface area contributed by atoms with Gasteiger partial charge in [-0.15, -0.1) is 0 Å². The van der Waals surface area contributed by atoms with Crippen molar-refractivity contribution in [3.8, 4) is 5.06 Å². The van der Waals surface area contributed by atoms with E-state index in [1.165, 1.54) is 11.3 Å². The highest BCUT2D eigenvalue weighted by Gasteiger charge is 2.22. The third kappa shape index (κ3) is 2.31. The van der Waals surface area contributed by atoms with Crippen LogP contribution in [0, 0.1) is 6.92 Å². The quantitative estimate of drug-likeness (QED) is 0.857. The van der Waals surface area contributed by atoms with Gasteiger partial charge in [-0.3, -0.25) is 0 Å². The highest BCUT2D eigenvalue weighted by molar-refractivity contribution is 7.20. The molecule has 6 nitrogen and oxygen atoms in total. The van der Waals surface area contributed by atoms with Crippen molar-refractivity contribution in [1.82, 2.24) is 9.78 Å². The molecule has 0 radical (unpaired) electrons. The summed E-state index contributed by atoms with van der Waals surface area (Å²) in [5.74, 6) is 0. The molecule has 0 aromatic carbocycles. The molecule has 3 heterocycles. The Kier molecular flexibility index (Phi) is 3.16. The summed E-state index contributed by atoms with van der Waals surface area (Å²) in [4.78, 5) is 11.5. The Morgan fingerprint density at radius 1 is 1.68 bits per heavy atom. The number of aryl methyl sites for hydroxylation is 1. The van der Waals surface area contributed by atoms with Crippen molar-refractivity contribution >= 4 is 27.7 Å². The molecule has 2 aromatic heterocycles. The maximum atomic E-state index is 10.6. The number of nitrogens with zero attached hydrogens (tertiary/aromatic N) is 2. The smallest absolute Gasteiger partial charge is 0.449 e. The normalized spacial score (nSPS) is 19.7. The summed E-state index contributed by atoms with van der Waals surface area (Å²) in [6.07, 6.45) is 0.764. The first-order valence-electron chi connectivity index (χ1n) is 6.12. The second kappa shape index (κ2) is 4.82. The van der Waals surface area contributed by atoms with Crippen LogP contribution in [0.4, 0.5) is 4.79 Å². The zero-order valence-electron chi connectivity index (χ0n) is 10.5. The van der Waals surface area contributed by atoms with Gasteiger partial charge in [0.2, 0.25) is 0 Å². The molecular weight excluding hydrogens is 268 g/mol. The van der Waals surface area contributed by atoms with Crippen LogP contribution in [0.1, 0.15) is 24.6 Å². The SMILES string of the molecule is Cc1nn(C2CCCOC2)c2sc(OC(=O)O)cc12. The Morgan fingerprint density at radius 2 is 2.53 bits per heavy atom. The summed E-state index contributed by atoms with van der Waals surface area (Å²) in [6.45, 7) is 3.38. The molecular formula is C12H14N2O4S. The summed E-state index contributed by atoms with van der Waals surface area (Å²) in [5, 5.41) is 14.5.